The van der Waals surface area contributed by atoms with E-state index in [1.807, 2.05) is 0 Å². The Balaban J connectivity index is 2.18. The van der Waals surface area contributed by atoms with Crippen LogP contribution < -0.4 is 10.6 Å². The van der Waals surface area contributed by atoms with Crippen molar-refractivity contribution in [1.82, 2.24) is 4.98 Å². The third-order valence-corrected chi connectivity index (χ3v) is 4.04. The molecule has 7 nitrogen and oxygen atoms in total. The quantitative estimate of drug-likeness (QED) is 0.454. The lowest BCUT2D eigenvalue weighted by Crippen LogP contribution is -2.22. The number of hydrogen-bond acceptors (Lipinski definition) is 5. The van der Waals surface area contributed by atoms with Crippen LogP contribution in [-0.4, -0.2) is 49.9 Å². The van der Waals surface area contributed by atoms with Crippen LogP contribution in [0.2, 0.25) is 0 Å². The minimum absolute atomic E-state index is 0.0686. The monoisotopic (exact) mass is 413 g/mol. The Morgan fingerprint density at radius 1 is 1.10 bits per heavy atom. The van der Waals surface area contributed by atoms with E-state index in [9.17, 15) is 22.8 Å². The van der Waals surface area contributed by atoms with Crippen molar-refractivity contribution in [2.45, 2.75) is 20.0 Å². The number of aromatic amines is 1. The van der Waals surface area contributed by atoms with Gasteiger partial charge in [-0.2, -0.15) is 13.2 Å². The number of halogens is 3. The van der Waals surface area contributed by atoms with Crippen molar-refractivity contribution in [2.75, 3.05) is 37.5 Å². The first-order valence-corrected chi connectivity index (χ1v) is 8.70. The normalized spacial score (nSPS) is 11.2. The second kappa shape index (κ2) is 9.46. The summed E-state index contributed by atoms with van der Waals surface area (Å²) >= 11 is 0. The maximum absolute atomic E-state index is 12.7. The molecular formula is C19H22F3N3O4. The molecule has 0 unspecified atom stereocenters. The zero-order valence-electron chi connectivity index (χ0n) is 16.2. The first kappa shape index (κ1) is 22.3. The van der Waals surface area contributed by atoms with E-state index in [1.165, 1.54) is 19.2 Å². The number of benzene rings is 1. The van der Waals surface area contributed by atoms with E-state index >= 15 is 0 Å². The Bertz CT molecular complexity index is 878. The summed E-state index contributed by atoms with van der Waals surface area (Å²) in [6, 6.07) is 6.03. The van der Waals surface area contributed by atoms with E-state index in [-0.39, 0.29) is 35.8 Å². The van der Waals surface area contributed by atoms with Gasteiger partial charge in [-0.05, 0) is 31.5 Å². The van der Waals surface area contributed by atoms with Gasteiger partial charge in [0.25, 0.3) is 5.91 Å². The van der Waals surface area contributed by atoms with Gasteiger partial charge < -0.3 is 25.1 Å². The van der Waals surface area contributed by atoms with Crippen LogP contribution in [0.1, 0.15) is 32.1 Å². The Hall–Kier alpha value is -3.01. The Morgan fingerprint density at radius 3 is 2.38 bits per heavy atom. The van der Waals surface area contributed by atoms with Crippen LogP contribution in [0.3, 0.4) is 0 Å². The molecule has 2 aromatic rings. The summed E-state index contributed by atoms with van der Waals surface area (Å²) in [6.07, 6.45) is -4.40. The summed E-state index contributed by atoms with van der Waals surface area (Å²) < 4.78 is 47.4. The molecule has 0 bridgehead atoms. The van der Waals surface area contributed by atoms with Crippen LogP contribution in [0.4, 0.5) is 24.5 Å². The third-order valence-electron chi connectivity index (χ3n) is 4.04. The fourth-order valence-electron chi connectivity index (χ4n) is 2.70. The number of hydrogen-bond donors (Lipinski definition) is 3. The minimum atomic E-state index is -4.40. The van der Waals surface area contributed by atoms with E-state index in [0.717, 1.165) is 0 Å². The molecule has 2 rings (SSSR count). The van der Waals surface area contributed by atoms with Crippen molar-refractivity contribution >= 4 is 23.3 Å². The van der Waals surface area contributed by atoms with Crippen molar-refractivity contribution in [3.63, 3.8) is 0 Å². The maximum Gasteiger partial charge on any atom is 0.405 e. The highest BCUT2D eigenvalue weighted by Gasteiger charge is 2.27. The fourth-order valence-corrected chi connectivity index (χ4v) is 2.70. The number of amides is 1. The summed E-state index contributed by atoms with van der Waals surface area (Å²) in [7, 11) is 1.48. The summed E-state index contributed by atoms with van der Waals surface area (Å²) in [6.45, 7) is 2.27. The summed E-state index contributed by atoms with van der Waals surface area (Å²) in [5, 5.41) is 4.82. The number of H-pyrrole nitrogens is 1. The molecule has 10 heteroatoms. The summed E-state index contributed by atoms with van der Waals surface area (Å²) in [4.78, 5) is 27.8. The molecule has 1 amide bonds. The molecule has 29 heavy (non-hydrogen) atoms. The molecule has 0 radical (unpaired) electrons. The summed E-state index contributed by atoms with van der Waals surface area (Å²) in [5.41, 5.74) is 1.47. The molecule has 0 spiro atoms. The van der Waals surface area contributed by atoms with Crippen LogP contribution in [0.5, 0.6) is 0 Å². The van der Waals surface area contributed by atoms with Crippen molar-refractivity contribution in [3.05, 3.63) is 46.8 Å². The van der Waals surface area contributed by atoms with E-state index in [4.69, 9.17) is 9.47 Å². The SMILES string of the molecule is COCCOC(=O)c1c(C)[nH]c(C(=O)Nc2ccccc2NCC(F)(F)F)c1C. The smallest absolute Gasteiger partial charge is 0.405 e. The molecule has 0 atom stereocenters. The van der Waals surface area contributed by atoms with Gasteiger partial charge in [0.2, 0.25) is 0 Å². The molecule has 0 aliphatic heterocycles. The molecule has 1 aromatic carbocycles. The second-order valence-electron chi connectivity index (χ2n) is 6.22. The van der Waals surface area contributed by atoms with E-state index in [1.54, 1.807) is 26.0 Å². The van der Waals surface area contributed by atoms with Gasteiger partial charge in [-0.3, -0.25) is 4.79 Å². The van der Waals surface area contributed by atoms with Gasteiger partial charge in [0.1, 0.15) is 18.8 Å². The molecule has 0 saturated heterocycles. The van der Waals surface area contributed by atoms with Crippen LogP contribution in [0.25, 0.3) is 0 Å². The predicted octanol–water partition coefficient (Wildman–Crippen LogP) is 3.66. The number of carbonyl (C=O) groups excluding carboxylic acids is 2. The lowest BCUT2D eigenvalue weighted by Gasteiger charge is -2.14. The average molecular weight is 413 g/mol. The van der Waals surface area contributed by atoms with Crippen molar-refractivity contribution in [1.29, 1.82) is 0 Å². The van der Waals surface area contributed by atoms with Gasteiger partial charge >= 0.3 is 12.1 Å². The van der Waals surface area contributed by atoms with Crippen LogP contribution in [0.15, 0.2) is 24.3 Å². The Labute approximate surface area is 165 Å². The first-order chi connectivity index (χ1) is 13.6. The number of esters is 1. The minimum Gasteiger partial charge on any atom is -0.460 e. The maximum atomic E-state index is 12.7. The fraction of sp³-hybridized carbons (Fsp3) is 0.368. The van der Waals surface area contributed by atoms with Crippen molar-refractivity contribution in [3.8, 4) is 0 Å². The van der Waals surface area contributed by atoms with E-state index < -0.39 is 24.6 Å². The molecule has 158 valence electrons. The highest BCUT2D eigenvalue weighted by Crippen LogP contribution is 2.25. The van der Waals surface area contributed by atoms with Crippen molar-refractivity contribution in [2.24, 2.45) is 0 Å². The zero-order chi connectivity index (χ0) is 21.6. The van der Waals surface area contributed by atoms with Gasteiger partial charge in [-0.1, -0.05) is 12.1 Å². The number of aryl methyl sites for hydroxylation is 1. The van der Waals surface area contributed by atoms with Crippen LogP contribution in [-0.2, 0) is 9.47 Å². The van der Waals surface area contributed by atoms with Gasteiger partial charge in [-0.25, -0.2) is 4.79 Å². The topological polar surface area (TPSA) is 92.5 Å². The number of rotatable bonds is 8. The standard InChI is InChI=1S/C19H22F3N3O4/c1-11-15(18(27)29-9-8-28-3)12(2)24-16(11)17(26)25-14-7-5-4-6-13(14)23-10-19(20,21)22/h4-7,23-24H,8-10H2,1-3H3,(H,25,26). The summed E-state index contributed by atoms with van der Waals surface area (Å²) in [5.74, 6) is -1.19. The molecule has 0 aliphatic rings. The molecule has 1 aromatic heterocycles. The third kappa shape index (κ3) is 5.98. The highest BCUT2D eigenvalue weighted by molar-refractivity contribution is 6.08. The number of nitrogens with one attached hydrogen (secondary N) is 3. The molecule has 1 heterocycles. The molecule has 0 aliphatic carbocycles. The number of alkyl halides is 3. The van der Waals surface area contributed by atoms with Gasteiger partial charge in [0.15, 0.2) is 0 Å². The number of carbonyl (C=O) groups is 2. The Morgan fingerprint density at radius 2 is 1.76 bits per heavy atom. The zero-order valence-corrected chi connectivity index (χ0v) is 16.2. The lowest BCUT2D eigenvalue weighted by molar-refractivity contribution is -0.115. The van der Waals surface area contributed by atoms with Crippen molar-refractivity contribution < 1.29 is 32.2 Å². The van der Waals surface area contributed by atoms with E-state index in [0.29, 0.717) is 11.3 Å². The highest BCUT2D eigenvalue weighted by atomic mass is 19.4. The Kier molecular flexibility index (Phi) is 7.27. The predicted molar refractivity (Wildman–Crippen MR) is 101 cm³/mol. The number of anilines is 2. The lowest BCUT2D eigenvalue weighted by atomic mass is 10.1. The van der Waals surface area contributed by atoms with Gasteiger partial charge in [-0.15, -0.1) is 0 Å². The molecule has 0 saturated carbocycles. The number of methoxy groups -OCH3 is 1. The largest absolute Gasteiger partial charge is 0.460 e. The number of ether oxygens (including phenoxy) is 2. The van der Waals surface area contributed by atoms with Gasteiger partial charge in [0.05, 0.1) is 23.5 Å². The number of aromatic nitrogens is 1. The second-order valence-corrected chi connectivity index (χ2v) is 6.22. The van der Waals surface area contributed by atoms with Crippen LogP contribution in [0, 0.1) is 13.8 Å². The molecule has 3 N–H and O–H groups in total. The van der Waals surface area contributed by atoms with Crippen LogP contribution >= 0.6 is 0 Å². The first-order valence-electron chi connectivity index (χ1n) is 8.70. The van der Waals surface area contributed by atoms with E-state index in [2.05, 4.69) is 15.6 Å². The average Bonchev–Trinajstić information content (AvgIpc) is 2.95. The number of para-hydroxylation sites is 2. The van der Waals surface area contributed by atoms with Gasteiger partial charge in [0, 0.05) is 12.8 Å². The molecule has 0 fully saturated rings. The molecular weight excluding hydrogens is 391 g/mol.